The van der Waals surface area contributed by atoms with Crippen LogP contribution in [0.4, 0.5) is 30.0 Å². The molecule has 3 N–H and O–H groups in total. The summed E-state index contributed by atoms with van der Waals surface area (Å²) in [5.41, 5.74) is 5.39. The first-order chi connectivity index (χ1) is 40.7. The fraction of sp³-hybridized carbons (Fsp3) is 0.467. The van der Waals surface area contributed by atoms with Crippen molar-refractivity contribution >= 4 is 111 Å². The molecule has 4 fully saturated rings. The number of hydrogen-bond acceptors (Lipinski definition) is 18. The maximum atomic E-state index is 15.4. The van der Waals surface area contributed by atoms with Gasteiger partial charge in [0.05, 0.1) is 70.3 Å². The molecule has 0 aliphatic carbocycles. The van der Waals surface area contributed by atoms with Gasteiger partial charge in [0.25, 0.3) is 5.91 Å². The number of para-hydroxylation sites is 2. The Morgan fingerprint density at radius 2 is 1.09 bits per heavy atom. The minimum absolute atomic E-state index is 0.0296. The number of nitrogens with two attached hydrogens (primary N) is 1. The zero-order valence-electron chi connectivity index (χ0n) is 48.7. The summed E-state index contributed by atoms with van der Waals surface area (Å²) >= 11 is 2.62. The molecule has 452 valence electrons. The molecule has 4 aliphatic heterocycles. The Kier molecular flexibility index (Phi) is 17.9. The second-order valence-corrected chi connectivity index (χ2v) is 25.0. The molecule has 25 heteroatoms. The Morgan fingerprint density at radius 3 is 1.55 bits per heavy atom. The molecule has 3 amide bonds. The number of anilines is 2. The summed E-state index contributed by atoms with van der Waals surface area (Å²) in [6, 6.07) is 17.4. The third-order valence-electron chi connectivity index (χ3n) is 14.8. The zero-order valence-corrected chi connectivity index (χ0v) is 50.3. The Morgan fingerprint density at radius 1 is 0.659 bits per heavy atom. The second kappa shape index (κ2) is 25.2. The molecule has 8 aromatic rings. The number of benzene rings is 2. The topological polar surface area (TPSA) is 234 Å². The van der Waals surface area contributed by atoms with Crippen LogP contribution in [0, 0.1) is 11.6 Å². The molecule has 21 nitrogen and oxygen atoms in total. The number of esters is 1. The van der Waals surface area contributed by atoms with Crippen LogP contribution >= 0.6 is 22.7 Å². The van der Waals surface area contributed by atoms with Crippen molar-refractivity contribution in [1.82, 2.24) is 33.9 Å². The fourth-order valence-corrected chi connectivity index (χ4v) is 13.3. The monoisotopic (exact) mass is 1210 g/mol. The lowest BCUT2D eigenvalue weighted by atomic mass is 10.1. The maximum Gasteiger partial charge on any atom is 0.410 e. The molecule has 85 heavy (non-hydrogen) atoms. The summed E-state index contributed by atoms with van der Waals surface area (Å²) < 4.78 is 62.4. The lowest BCUT2D eigenvalue weighted by Crippen LogP contribution is -2.45. The van der Waals surface area contributed by atoms with Gasteiger partial charge >= 0.3 is 18.2 Å². The Balaban J connectivity index is 0.000000159. The lowest BCUT2D eigenvalue weighted by molar-refractivity contribution is 0.0218. The van der Waals surface area contributed by atoms with Crippen LogP contribution in [0.15, 0.2) is 70.3 Å². The number of rotatable bonds is 8. The lowest BCUT2D eigenvalue weighted by Gasteiger charge is -2.28. The summed E-state index contributed by atoms with van der Waals surface area (Å²) in [6.07, 6.45) is 2.86. The molecule has 6 aromatic heterocycles. The number of aromatic nitrogens is 4. The van der Waals surface area contributed by atoms with Gasteiger partial charge in [0.2, 0.25) is 10.9 Å². The number of morpholine rings is 2. The molecule has 4 aliphatic rings. The second-order valence-electron chi connectivity index (χ2n) is 23.0. The van der Waals surface area contributed by atoms with Crippen molar-refractivity contribution in [3.05, 3.63) is 104 Å². The van der Waals surface area contributed by atoms with E-state index in [1.807, 2.05) is 99.9 Å². The molecule has 0 bridgehead atoms. The quantitative estimate of drug-likeness (QED) is 0.107. The van der Waals surface area contributed by atoms with Gasteiger partial charge < -0.3 is 54.3 Å². The highest BCUT2D eigenvalue weighted by molar-refractivity contribution is 7.24. The third-order valence-corrected chi connectivity index (χ3v) is 17.1. The number of nitrogens with one attached hydrogen (secondary N) is 1. The van der Waals surface area contributed by atoms with Gasteiger partial charge in [0, 0.05) is 58.4 Å². The molecule has 0 saturated carbocycles. The summed E-state index contributed by atoms with van der Waals surface area (Å²) in [5.74, 6) is -2.18. The van der Waals surface area contributed by atoms with E-state index < -0.39 is 51.7 Å². The van der Waals surface area contributed by atoms with Gasteiger partial charge in [0.15, 0.2) is 34.6 Å². The van der Waals surface area contributed by atoms with Crippen LogP contribution in [-0.4, -0.2) is 161 Å². The van der Waals surface area contributed by atoms with Gasteiger partial charge in [0.1, 0.15) is 32.0 Å². The van der Waals surface area contributed by atoms with Crippen molar-refractivity contribution in [2.75, 3.05) is 95.2 Å². The number of halogens is 2. The summed E-state index contributed by atoms with van der Waals surface area (Å²) in [4.78, 5) is 94.8. The number of ether oxygens (including phenoxy) is 5. The SMILES string of the molecule is CC(C)(C)OC(=O)N1CCCC1CN.CC(C)(C)OC(=O)N1CCCC1CNC(=O)c1c(=O)c2cc(F)c(N3CCOCC3)nc2n2c1sc1ccccc12.CCOC(=O)c1c(=O)c2cc(F)c(N3CCOCC3)nc2n2c1sc1ccccc12. The van der Waals surface area contributed by atoms with Crippen LogP contribution in [0.5, 0.6) is 0 Å². The van der Waals surface area contributed by atoms with Crippen LogP contribution in [-0.2, 0) is 23.7 Å². The molecule has 2 atom stereocenters. The van der Waals surface area contributed by atoms with E-state index in [0.29, 0.717) is 93.1 Å². The normalized spacial score (nSPS) is 17.6. The fourth-order valence-electron chi connectivity index (χ4n) is 10.9. The predicted molar refractivity (Wildman–Crippen MR) is 324 cm³/mol. The van der Waals surface area contributed by atoms with E-state index in [1.165, 1.54) is 34.8 Å². The molecule has 10 heterocycles. The number of pyridine rings is 4. The molecule has 2 aromatic carbocycles. The van der Waals surface area contributed by atoms with E-state index in [1.54, 1.807) is 25.5 Å². The van der Waals surface area contributed by atoms with E-state index >= 15 is 4.39 Å². The minimum Gasteiger partial charge on any atom is -0.462 e. The van der Waals surface area contributed by atoms with Crippen molar-refractivity contribution in [2.45, 2.75) is 97.4 Å². The van der Waals surface area contributed by atoms with Crippen LogP contribution in [0.25, 0.3) is 52.2 Å². The van der Waals surface area contributed by atoms with E-state index in [2.05, 4.69) is 15.3 Å². The highest BCUT2D eigenvalue weighted by atomic mass is 32.1. The zero-order chi connectivity index (χ0) is 60.5. The number of amides is 3. The third kappa shape index (κ3) is 12.7. The van der Waals surface area contributed by atoms with Crippen LogP contribution in [0.2, 0.25) is 0 Å². The Hall–Kier alpha value is -7.58. The van der Waals surface area contributed by atoms with E-state index in [4.69, 9.17) is 29.4 Å². The summed E-state index contributed by atoms with van der Waals surface area (Å²) in [7, 11) is 0. The summed E-state index contributed by atoms with van der Waals surface area (Å²) in [5, 5.41) is 2.96. The molecule has 2 unspecified atom stereocenters. The Labute approximate surface area is 496 Å². The average molecular weight is 1210 g/mol. The van der Waals surface area contributed by atoms with Gasteiger partial charge in [-0.25, -0.2) is 33.1 Å². The first-order valence-corrected chi connectivity index (χ1v) is 30.2. The van der Waals surface area contributed by atoms with E-state index in [-0.39, 0.29) is 64.9 Å². The van der Waals surface area contributed by atoms with Crippen molar-refractivity contribution in [3.63, 3.8) is 0 Å². The Bertz CT molecular complexity index is 3970. The van der Waals surface area contributed by atoms with Gasteiger partial charge in [-0.2, -0.15) is 0 Å². The van der Waals surface area contributed by atoms with E-state index in [9.17, 15) is 33.2 Å². The number of carbonyl (C=O) groups is 4. The number of carbonyl (C=O) groups excluding carboxylic acids is 4. The minimum atomic E-state index is -0.717. The van der Waals surface area contributed by atoms with Crippen molar-refractivity contribution in [1.29, 1.82) is 0 Å². The van der Waals surface area contributed by atoms with Crippen LogP contribution in [0.3, 0.4) is 0 Å². The first kappa shape index (κ1) is 60.5. The average Bonchev–Trinajstić information content (AvgIpc) is 1.83. The number of nitrogens with zero attached hydrogens (tertiary/aromatic N) is 8. The summed E-state index contributed by atoms with van der Waals surface area (Å²) in [6.45, 7) is 18.7. The number of thiazole rings is 2. The van der Waals surface area contributed by atoms with E-state index in [0.717, 1.165) is 46.2 Å². The van der Waals surface area contributed by atoms with Gasteiger partial charge in [-0.1, -0.05) is 24.3 Å². The van der Waals surface area contributed by atoms with Crippen LogP contribution < -0.4 is 31.7 Å². The smallest absolute Gasteiger partial charge is 0.410 e. The van der Waals surface area contributed by atoms with Gasteiger partial charge in [-0.15, -0.1) is 22.7 Å². The van der Waals surface area contributed by atoms with Crippen molar-refractivity contribution in [3.8, 4) is 0 Å². The molecule has 4 saturated heterocycles. The van der Waals surface area contributed by atoms with Gasteiger partial charge in [-0.3, -0.25) is 23.2 Å². The molecule has 0 spiro atoms. The number of fused-ring (bicyclic) bond motifs is 10. The number of hydrogen-bond donors (Lipinski definition) is 2. The van der Waals surface area contributed by atoms with Crippen molar-refractivity contribution < 1.29 is 51.6 Å². The van der Waals surface area contributed by atoms with Crippen LogP contribution in [0.1, 0.15) is 94.9 Å². The molecule has 0 radical (unpaired) electrons. The molecular weight excluding hydrogens is 1140 g/mol. The molecule has 12 rings (SSSR count). The highest BCUT2D eigenvalue weighted by Crippen LogP contribution is 2.35. The maximum absolute atomic E-state index is 15.4. The molecular formula is C60H70F2N10O11S2. The van der Waals surface area contributed by atoms with Gasteiger partial charge in [-0.05, 0) is 111 Å². The number of likely N-dealkylation sites (tertiary alicyclic amines) is 2. The van der Waals surface area contributed by atoms with Crippen molar-refractivity contribution in [2.24, 2.45) is 5.73 Å². The standard InChI is InChI=1S/C29H32FN5O5S.C21H18FN3O4S.C10H20N2O2/c1-29(2,3)40-28(38)34-10-6-7-17(34)16-31-26(37)22-23(36)18-15-19(30)25(33-11-13-39-14-12-33)32-24(18)35-20-8-4-5-9-21(20)41-27(22)35;1-2-29-21(27)16-17(26)12-11-13(22)19(24-7-9-28-10-8-24)23-18(12)25-14-5-3-4-6-15(14)30-20(16)25;1-10(2,3)14-9(13)12-6-4-5-8(12)7-11/h4-5,8-9,15,17H,6-7,10-14,16H2,1-3H3,(H,31,37);3-6,11H,2,7-10H2,1H3;8H,4-7,11H2,1-3H3. The highest BCUT2D eigenvalue weighted by Gasteiger charge is 2.35. The largest absolute Gasteiger partial charge is 0.462 e. The predicted octanol–water partition coefficient (Wildman–Crippen LogP) is 8.73. The first-order valence-electron chi connectivity index (χ1n) is 28.6.